The fourth-order valence-corrected chi connectivity index (χ4v) is 2.35. The van der Waals surface area contributed by atoms with E-state index in [1.54, 1.807) is 18.2 Å². The normalized spacial score (nSPS) is 11.8. The summed E-state index contributed by atoms with van der Waals surface area (Å²) in [4.78, 5) is 0.295. The number of sulfonamides is 1. The third kappa shape index (κ3) is 3.20. The van der Waals surface area contributed by atoms with Gasteiger partial charge in [0.05, 0.1) is 11.5 Å². The molecule has 1 aromatic carbocycles. The first-order chi connectivity index (χ1) is 7.89. The summed E-state index contributed by atoms with van der Waals surface area (Å²) in [6.07, 6.45) is 0.928. The smallest absolute Gasteiger partial charge is 0.242 e. The van der Waals surface area contributed by atoms with E-state index in [-0.39, 0.29) is 0 Å². The van der Waals surface area contributed by atoms with Crippen LogP contribution in [0.3, 0.4) is 0 Å². The van der Waals surface area contributed by atoms with Gasteiger partial charge in [-0.2, -0.15) is 0 Å². The highest BCUT2D eigenvalue weighted by Gasteiger charge is 2.17. The standard InChI is InChI=1S/C12H19NO3S/c1-5-8-16-12-7-6-11(9-10(12)2)17(14,15)13(3)4/h6-7,9H,5,8H2,1-4H3. The average molecular weight is 257 g/mol. The van der Waals surface area contributed by atoms with E-state index in [2.05, 4.69) is 0 Å². The molecule has 0 aliphatic heterocycles. The molecule has 4 nitrogen and oxygen atoms in total. The quantitative estimate of drug-likeness (QED) is 0.811. The zero-order valence-electron chi connectivity index (χ0n) is 10.7. The van der Waals surface area contributed by atoms with Gasteiger partial charge in [0.15, 0.2) is 0 Å². The zero-order valence-corrected chi connectivity index (χ0v) is 11.5. The fourth-order valence-electron chi connectivity index (χ4n) is 1.37. The molecule has 0 fully saturated rings. The number of hydrogen-bond donors (Lipinski definition) is 0. The first kappa shape index (κ1) is 14.0. The molecule has 0 unspecified atom stereocenters. The van der Waals surface area contributed by atoms with Crippen LogP contribution in [0.2, 0.25) is 0 Å². The fraction of sp³-hybridized carbons (Fsp3) is 0.500. The molecule has 0 aliphatic rings. The summed E-state index contributed by atoms with van der Waals surface area (Å²) in [5.74, 6) is 0.740. The molecule has 17 heavy (non-hydrogen) atoms. The van der Waals surface area contributed by atoms with Gasteiger partial charge in [-0.25, -0.2) is 12.7 Å². The molecule has 96 valence electrons. The maximum Gasteiger partial charge on any atom is 0.242 e. The second-order valence-corrected chi connectivity index (χ2v) is 6.22. The highest BCUT2D eigenvalue weighted by molar-refractivity contribution is 7.89. The molecular formula is C12H19NO3S. The van der Waals surface area contributed by atoms with Crippen molar-refractivity contribution in [2.75, 3.05) is 20.7 Å². The minimum absolute atomic E-state index is 0.295. The van der Waals surface area contributed by atoms with Crippen molar-refractivity contribution in [1.82, 2.24) is 4.31 Å². The van der Waals surface area contributed by atoms with Gasteiger partial charge in [0.25, 0.3) is 0 Å². The van der Waals surface area contributed by atoms with Gasteiger partial charge in [0.1, 0.15) is 5.75 Å². The van der Waals surface area contributed by atoms with Crippen LogP contribution in [-0.4, -0.2) is 33.4 Å². The lowest BCUT2D eigenvalue weighted by atomic mass is 10.2. The molecule has 0 radical (unpaired) electrons. The maximum atomic E-state index is 11.9. The van der Waals surface area contributed by atoms with Crippen molar-refractivity contribution in [3.05, 3.63) is 23.8 Å². The lowest BCUT2D eigenvalue weighted by molar-refractivity contribution is 0.315. The summed E-state index contributed by atoms with van der Waals surface area (Å²) in [7, 11) is -0.319. The van der Waals surface area contributed by atoms with Gasteiger partial charge in [-0.1, -0.05) is 6.92 Å². The number of rotatable bonds is 5. The van der Waals surface area contributed by atoms with Crippen LogP contribution < -0.4 is 4.74 Å². The number of aryl methyl sites for hydroxylation is 1. The second-order valence-electron chi connectivity index (χ2n) is 4.06. The monoisotopic (exact) mass is 257 g/mol. The predicted octanol–water partition coefficient (Wildman–Crippen LogP) is 2.03. The second kappa shape index (κ2) is 5.51. The summed E-state index contributed by atoms with van der Waals surface area (Å²) in [5, 5.41) is 0. The summed E-state index contributed by atoms with van der Waals surface area (Å²) in [5.41, 5.74) is 0.835. The minimum atomic E-state index is -3.36. The van der Waals surface area contributed by atoms with E-state index < -0.39 is 10.0 Å². The van der Waals surface area contributed by atoms with Crippen LogP contribution in [0.25, 0.3) is 0 Å². The van der Waals surface area contributed by atoms with Crippen LogP contribution in [-0.2, 0) is 10.0 Å². The Morgan fingerprint density at radius 3 is 2.41 bits per heavy atom. The summed E-state index contributed by atoms with van der Waals surface area (Å²) in [6.45, 7) is 4.51. The highest BCUT2D eigenvalue weighted by atomic mass is 32.2. The van der Waals surface area contributed by atoms with Gasteiger partial charge in [-0.15, -0.1) is 0 Å². The Morgan fingerprint density at radius 1 is 1.29 bits per heavy atom. The van der Waals surface area contributed by atoms with Crippen LogP contribution in [0.4, 0.5) is 0 Å². The topological polar surface area (TPSA) is 46.6 Å². The zero-order chi connectivity index (χ0) is 13.1. The maximum absolute atomic E-state index is 11.9. The van der Waals surface area contributed by atoms with E-state index in [9.17, 15) is 8.42 Å². The Hall–Kier alpha value is -1.07. The Bertz CT molecular complexity index is 481. The minimum Gasteiger partial charge on any atom is -0.493 e. The van der Waals surface area contributed by atoms with Gasteiger partial charge < -0.3 is 4.74 Å². The molecule has 0 spiro atoms. The van der Waals surface area contributed by atoms with E-state index in [1.807, 2.05) is 13.8 Å². The number of benzene rings is 1. The lowest BCUT2D eigenvalue weighted by Crippen LogP contribution is -2.22. The Kier molecular flexibility index (Phi) is 4.54. The van der Waals surface area contributed by atoms with Gasteiger partial charge in [0.2, 0.25) is 10.0 Å². The van der Waals surface area contributed by atoms with Gasteiger partial charge in [0, 0.05) is 14.1 Å². The molecule has 0 amide bonds. The molecule has 0 atom stereocenters. The molecule has 0 N–H and O–H groups in total. The summed E-state index contributed by atoms with van der Waals surface area (Å²) in [6, 6.07) is 4.93. The number of ether oxygens (including phenoxy) is 1. The van der Waals surface area contributed by atoms with Crippen molar-refractivity contribution >= 4 is 10.0 Å². The van der Waals surface area contributed by atoms with Crippen molar-refractivity contribution in [2.24, 2.45) is 0 Å². The first-order valence-corrected chi connectivity index (χ1v) is 6.99. The largest absolute Gasteiger partial charge is 0.493 e. The highest BCUT2D eigenvalue weighted by Crippen LogP contribution is 2.23. The SMILES string of the molecule is CCCOc1ccc(S(=O)(=O)N(C)C)cc1C. The number of nitrogens with zero attached hydrogens (tertiary/aromatic N) is 1. The van der Waals surface area contributed by atoms with Crippen molar-refractivity contribution in [1.29, 1.82) is 0 Å². The number of hydrogen-bond acceptors (Lipinski definition) is 3. The van der Waals surface area contributed by atoms with E-state index >= 15 is 0 Å². The Labute approximate surface area is 103 Å². The van der Waals surface area contributed by atoms with Crippen molar-refractivity contribution < 1.29 is 13.2 Å². The third-order valence-corrected chi connectivity index (χ3v) is 4.20. The molecule has 0 aromatic heterocycles. The summed E-state index contributed by atoms with van der Waals surface area (Å²) >= 11 is 0. The molecule has 1 aromatic rings. The van der Waals surface area contributed by atoms with Gasteiger partial charge in [-0.3, -0.25) is 0 Å². The van der Waals surface area contributed by atoms with Crippen LogP contribution in [0.1, 0.15) is 18.9 Å². The van der Waals surface area contributed by atoms with Crippen molar-refractivity contribution in [3.8, 4) is 5.75 Å². The van der Waals surface area contributed by atoms with Crippen LogP contribution in [0.15, 0.2) is 23.1 Å². The third-order valence-electron chi connectivity index (χ3n) is 2.39. The first-order valence-electron chi connectivity index (χ1n) is 5.55. The summed E-state index contributed by atoms with van der Waals surface area (Å²) < 4.78 is 30.5. The molecular weight excluding hydrogens is 238 g/mol. The Morgan fingerprint density at radius 2 is 1.94 bits per heavy atom. The van der Waals surface area contributed by atoms with Crippen LogP contribution in [0.5, 0.6) is 5.75 Å². The predicted molar refractivity (Wildman–Crippen MR) is 67.8 cm³/mol. The molecule has 0 saturated heterocycles. The Balaban J connectivity index is 3.05. The lowest BCUT2D eigenvalue weighted by Gasteiger charge is -2.13. The van der Waals surface area contributed by atoms with E-state index in [0.29, 0.717) is 11.5 Å². The van der Waals surface area contributed by atoms with E-state index in [0.717, 1.165) is 17.7 Å². The molecule has 0 bridgehead atoms. The average Bonchev–Trinajstić information content (AvgIpc) is 2.27. The van der Waals surface area contributed by atoms with E-state index in [1.165, 1.54) is 18.4 Å². The molecule has 0 aliphatic carbocycles. The van der Waals surface area contributed by atoms with E-state index in [4.69, 9.17) is 4.74 Å². The van der Waals surface area contributed by atoms with Crippen LogP contribution >= 0.6 is 0 Å². The van der Waals surface area contributed by atoms with Gasteiger partial charge in [-0.05, 0) is 37.1 Å². The van der Waals surface area contributed by atoms with Gasteiger partial charge >= 0.3 is 0 Å². The van der Waals surface area contributed by atoms with Crippen molar-refractivity contribution in [3.63, 3.8) is 0 Å². The molecule has 0 heterocycles. The molecule has 1 rings (SSSR count). The molecule has 0 saturated carbocycles. The van der Waals surface area contributed by atoms with Crippen molar-refractivity contribution in [2.45, 2.75) is 25.2 Å². The molecule has 5 heteroatoms. The van der Waals surface area contributed by atoms with Crippen LogP contribution in [0, 0.1) is 6.92 Å².